The molecule has 1 aliphatic carbocycles. The molecule has 1 N–H and O–H groups in total. The summed E-state index contributed by atoms with van der Waals surface area (Å²) in [6.07, 6.45) is 3.78. The van der Waals surface area contributed by atoms with Gasteiger partial charge in [0.1, 0.15) is 5.54 Å². The molecule has 6 nitrogen and oxygen atoms in total. The zero-order valence-corrected chi connectivity index (χ0v) is 12.8. The van der Waals surface area contributed by atoms with Crippen LogP contribution in [0, 0.1) is 5.92 Å². The molecule has 3 aliphatic rings. The molecule has 118 valence electrons. The molecule has 2 aliphatic heterocycles. The monoisotopic (exact) mass is 295 g/mol. The number of rotatable bonds is 3. The Labute approximate surface area is 125 Å². The second-order valence-corrected chi connectivity index (χ2v) is 6.60. The van der Waals surface area contributed by atoms with Crippen LogP contribution < -0.4 is 5.32 Å². The number of carbonyl (C=O) groups excluding carboxylic acids is 2. The Hall–Kier alpha value is -1.14. The number of morpholine rings is 1. The van der Waals surface area contributed by atoms with E-state index in [1.807, 2.05) is 0 Å². The molecule has 6 heteroatoms. The quantitative estimate of drug-likeness (QED) is 0.783. The molecule has 1 spiro atoms. The molecule has 0 aromatic carbocycles. The van der Waals surface area contributed by atoms with Gasteiger partial charge >= 0.3 is 6.03 Å². The molecule has 2 atom stereocenters. The molecule has 21 heavy (non-hydrogen) atoms. The Morgan fingerprint density at radius 3 is 2.76 bits per heavy atom. The molecule has 3 rings (SSSR count). The lowest BCUT2D eigenvalue weighted by molar-refractivity contribution is -0.129. The second-order valence-electron chi connectivity index (χ2n) is 6.60. The Balaban J connectivity index is 1.68. The van der Waals surface area contributed by atoms with Crippen molar-refractivity contribution in [3.63, 3.8) is 0 Å². The van der Waals surface area contributed by atoms with Crippen molar-refractivity contribution in [3.8, 4) is 0 Å². The van der Waals surface area contributed by atoms with Crippen LogP contribution in [-0.2, 0) is 9.53 Å². The summed E-state index contributed by atoms with van der Waals surface area (Å²) in [5, 5.41) is 2.54. The number of ether oxygens (including phenoxy) is 1. The van der Waals surface area contributed by atoms with Crippen LogP contribution in [0.4, 0.5) is 4.79 Å². The molecule has 0 aromatic rings. The lowest BCUT2D eigenvalue weighted by Gasteiger charge is -2.41. The highest BCUT2D eigenvalue weighted by Crippen LogP contribution is 2.39. The molecule has 0 bridgehead atoms. The summed E-state index contributed by atoms with van der Waals surface area (Å²) in [6.45, 7) is 6.96. The summed E-state index contributed by atoms with van der Waals surface area (Å²) in [6, 6.07) is -0.206. The predicted molar refractivity (Wildman–Crippen MR) is 77.9 cm³/mol. The van der Waals surface area contributed by atoms with E-state index in [2.05, 4.69) is 17.1 Å². The van der Waals surface area contributed by atoms with Crippen LogP contribution in [0.2, 0.25) is 0 Å². The fraction of sp³-hybridized carbons (Fsp3) is 0.867. The third-order valence-electron chi connectivity index (χ3n) is 5.12. The Morgan fingerprint density at radius 1 is 1.29 bits per heavy atom. The van der Waals surface area contributed by atoms with Crippen molar-refractivity contribution >= 4 is 11.9 Å². The number of urea groups is 1. The number of carbonyl (C=O) groups is 2. The maximum absolute atomic E-state index is 12.4. The van der Waals surface area contributed by atoms with E-state index >= 15 is 0 Å². The van der Waals surface area contributed by atoms with E-state index in [1.54, 1.807) is 4.90 Å². The minimum Gasteiger partial charge on any atom is -0.379 e. The first-order valence-corrected chi connectivity index (χ1v) is 8.05. The lowest BCUT2D eigenvalue weighted by atomic mass is 9.75. The number of hydrogen-bond acceptors (Lipinski definition) is 4. The van der Waals surface area contributed by atoms with Gasteiger partial charge < -0.3 is 9.64 Å². The van der Waals surface area contributed by atoms with Crippen molar-refractivity contribution in [3.05, 3.63) is 0 Å². The highest BCUT2D eigenvalue weighted by Gasteiger charge is 2.53. The normalized spacial score (nSPS) is 34.5. The third kappa shape index (κ3) is 2.79. The Morgan fingerprint density at radius 2 is 2.05 bits per heavy atom. The standard InChI is InChI=1S/C15H25N3O3/c1-12-3-2-4-15(11-12)13(19)16-14(20)18(15)6-5-17-7-9-21-10-8-17/h12H,2-11H2,1H3,(H,16,19,20). The van der Waals surface area contributed by atoms with Crippen molar-refractivity contribution in [1.29, 1.82) is 0 Å². The Kier molecular flexibility index (Phi) is 4.17. The first kappa shape index (κ1) is 14.8. The summed E-state index contributed by atoms with van der Waals surface area (Å²) in [7, 11) is 0. The first-order valence-electron chi connectivity index (χ1n) is 8.05. The van der Waals surface area contributed by atoms with Crippen molar-refractivity contribution < 1.29 is 14.3 Å². The van der Waals surface area contributed by atoms with E-state index < -0.39 is 5.54 Å². The fourth-order valence-electron chi connectivity index (χ4n) is 3.95. The third-order valence-corrected chi connectivity index (χ3v) is 5.12. The van der Waals surface area contributed by atoms with Gasteiger partial charge in [0, 0.05) is 26.2 Å². The van der Waals surface area contributed by atoms with Crippen molar-refractivity contribution in [2.24, 2.45) is 5.92 Å². The number of imide groups is 1. The van der Waals surface area contributed by atoms with E-state index in [-0.39, 0.29) is 11.9 Å². The predicted octanol–water partition coefficient (Wildman–Crippen LogP) is 0.819. The minimum atomic E-state index is -0.582. The van der Waals surface area contributed by atoms with Crippen LogP contribution in [0.3, 0.4) is 0 Å². The lowest BCUT2D eigenvalue weighted by Crippen LogP contribution is -2.54. The van der Waals surface area contributed by atoms with E-state index in [4.69, 9.17) is 4.74 Å². The average Bonchev–Trinajstić information content (AvgIpc) is 2.69. The number of amides is 3. The van der Waals surface area contributed by atoms with Crippen LogP contribution in [0.1, 0.15) is 32.6 Å². The van der Waals surface area contributed by atoms with Crippen LogP contribution in [0.25, 0.3) is 0 Å². The largest absolute Gasteiger partial charge is 0.379 e. The summed E-state index contributed by atoms with van der Waals surface area (Å²) in [5.41, 5.74) is -0.582. The zero-order chi connectivity index (χ0) is 14.9. The first-order chi connectivity index (χ1) is 10.1. The van der Waals surface area contributed by atoms with Crippen LogP contribution in [-0.4, -0.2) is 66.7 Å². The van der Waals surface area contributed by atoms with Gasteiger partial charge in [-0.25, -0.2) is 4.79 Å². The van der Waals surface area contributed by atoms with Gasteiger partial charge in [-0.1, -0.05) is 19.8 Å². The maximum Gasteiger partial charge on any atom is 0.325 e. The zero-order valence-electron chi connectivity index (χ0n) is 12.8. The van der Waals surface area contributed by atoms with Crippen molar-refractivity contribution in [2.45, 2.75) is 38.1 Å². The van der Waals surface area contributed by atoms with Gasteiger partial charge in [-0.3, -0.25) is 15.0 Å². The fourth-order valence-corrected chi connectivity index (χ4v) is 3.95. The number of hydrogen-bond donors (Lipinski definition) is 1. The maximum atomic E-state index is 12.4. The van der Waals surface area contributed by atoms with Gasteiger partial charge in [-0.05, 0) is 18.8 Å². The smallest absolute Gasteiger partial charge is 0.325 e. The molecule has 2 unspecified atom stereocenters. The molecule has 2 saturated heterocycles. The number of nitrogens with zero attached hydrogens (tertiary/aromatic N) is 2. The van der Waals surface area contributed by atoms with E-state index in [0.717, 1.165) is 58.5 Å². The highest BCUT2D eigenvalue weighted by atomic mass is 16.5. The summed E-state index contributed by atoms with van der Waals surface area (Å²) in [4.78, 5) is 28.7. The molecule has 3 fully saturated rings. The van der Waals surface area contributed by atoms with Crippen LogP contribution in [0.15, 0.2) is 0 Å². The molecular formula is C15H25N3O3. The van der Waals surface area contributed by atoms with Crippen molar-refractivity contribution in [2.75, 3.05) is 39.4 Å². The summed E-state index contributed by atoms with van der Waals surface area (Å²) >= 11 is 0. The van der Waals surface area contributed by atoms with Gasteiger partial charge in [-0.2, -0.15) is 0 Å². The molecule has 3 amide bonds. The van der Waals surface area contributed by atoms with E-state index in [1.165, 1.54) is 0 Å². The SMILES string of the molecule is CC1CCCC2(C1)C(=O)NC(=O)N2CCN1CCOCC1. The van der Waals surface area contributed by atoms with Gasteiger partial charge in [-0.15, -0.1) is 0 Å². The van der Waals surface area contributed by atoms with Gasteiger partial charge in [0.05, 0.1) is 13.2 Å². The van der Waals surface area contributed by atoms with E-state index in [0.29, 0.717) is 12.5 Å². The Bertz CT molecular complexity index is 422. The topological polar surface area (TPSA) is 61.9 Å². The molecule has 0 aromatic heterocycles. The highest BCUT2D eigenvalue weighted by molar-refractivity contribution is 6.07. The number of nitrogens with one attached hydrogen (secondary N) is 1. The van der Waals surface area contributed by atoms with Crippen molar-refractivity contribution in [1.82, 2.24) is 15.1 Å². The van der Waals surface area contributed by atoms with Gasteiger partial charge in [0.25, 0.3) is 5.91 Å². The molecule has 1 saturated carbocycles. The molecular weight excluding hydrogens is 270 g/mol. The average molecular weight is 295 g/mol. The second kappa shape index (κ2) is 5.93. The molecule has 2 heterocycles. The minimum absolute atomic E-state index is 0.0824. The summed E-state index contributed by atoms with van der Waals surface area (Å²) in [5.74, 6) is 0.419. The van der Waals surface area contributed by atoms with Crippen LogP contribution >= 0.6 is 0 Å². The van der Waals surface area contributed by atoms with Crippen LogP contribution in [0.5, 0.6) is 0 Å². The van der Waals surface area contributed by atoms with Gasteiger partial charge in [0.2, 0.25) is 0 Å². The van der Waals surface area contributed by atoms with Gasteiger partial charge in [0.15, 0.2) is 0 Å². The summed E-state index contributed by atoms with van der Waals surface area (Å²) < 4.78 is 5.34. The molecule has 0 radical (unpaired) electrons. The van der Waals surface area contributed by atoms with E-state index in [9.17, 15) is 9.59 Å².